The Kier molecular flexibility index (Phi) is 33.6. The van der Waals surface area contributed by atoms with E-state index in [1.54, 1.807) is 6.92 Å². The van der Waals surface area contributed by atoms with Gasteiger partial charge in [-0.1, -0.05) is 13.8 Å². The molecule has 72 valence electrons. The molecule has 0 rings (SSSR count). The van der Waals surface area contributed by atoms with Crippen LogP contribution in [0.5, 0.6) is 0 Å². The normalized spacial score (nSPS) is 9.42. The van der Waals surface area contributed by atoms with E-state index in [2.05, 4.69) is 0 Å². The molecule has 4 nitrogen and oxygen atoms in total. The van der Waals surface area contributed by atoms with E-state index in [0.717, 1.165) is 0 Å². The van der Waals surface area contributed by atoms with E-state index in [9.17, 15) is 10.2 Å². The molecule has 0 aliphatic carbocycles. The monoisotopic (exact) mass is 254 g/mol. The first-order valence-electron chi connectivity index (χ1n) is 2.93. The predicted molar refractivity (Wildman–Crippen MR) is 37.6 cm³/mol. The van der Waals surface area contributed by atoms with E-state index in [4.69, 9.17) is 11.1 Å². The Balaban J connectivity index is -0.0000000457. The van der Waals surface area contributed by atoms with Crippen LogP contribution in [0.2, 0.25) is 0 Å². The average molecular weight is 254 g/mol. The molecule has 1 N–H and O–H groups in total. The molecule has 0 aliphatic heterocycles. The standard InChI is InChI=1S/C3H7NO.C3H5NO.2Mn/c2*1-3(4)2-5;;/h3-4H,2H2,1H3;2H2,1H3;;/q2*-2;2*+2. The number of nitrogens with one attached hydrogen (secondary N) is 1. The molecule has 0 aromatic carbocycles. The maximum Gasteiger partial charge on any atom is 2.00 e. The molecule has 0 fully saturated rings. The maximum absolute atomic E-state index is 9.44. The summed E-state index contributed by atoms with van der Waals surface area (Å²) in [6, 6.07) is -0.421. The topological polar surface area (TPSA) is 92.2 Å². The Morgan fingerprint density at radius 1 is 1.42 bits per heavy atom. The minimum Gasteiger partial charge on any atom is -0.855 e. The largest absolute Gasteiger partial charge is 2.00 e. The van der Waals surface area contributed by atoms with Gasteiger partial charge >= 0.3 is 34.1 Å². The molecule has 2 radical (unpaired) electrons. The van der Waals surface area contributed by atoms with Crippen molar-refractivity contribution in [1.82, 2.24) is 0 Å². The number of hydrogen-bond acceptors (Lipinski definition) is 2. The maximum atomic E-state index is 9.44. The third-order valence-corrected chi connectivity index (χ3v) is 0.459. The molecule has 0 aromatic rings. The quantitative estimate of drug-likeness (QED) is 0.474. The summed E-state index contributed by atoms with van der Waals surface area (Å²) in [6.45, 7) is 2.21. The molecule has 0 spiro atoms. The van der Waals surface area contributed by atoms with Crippen LogP contribution in [-0.4, -0.2) is 25.0 Å². The summed E-state index contributed by atoms with van der Waals surface area (Å²) >= 11 is 0. The van der Waals surface area contributed by atoms with Gasteiger partial charge in [0.1, 0.15) is 0 Å². The number of nitrogens with zero attached hydrogens (tertiary/aromatic N) is 1. The second kappa shape index (κ2) is 17.6. The van der Waals surface area contributed by atoms with Gasteiger partial charge in [-0.25, -0.2) is 5.71 Å². The van der Waals surface area contributed by atoms with Crippen LogP contribution in [0.4, 0.5) is 0 Å². The van der Waals surface area contributed by atoms with Gasteiger partial charge < -0.3 is 21.4 Å². The summed E-state index contributed by atoms with van der Waals surface area (Å²) in [4.78, 5) is 0. The fraction of sp³-hybridized carbons (Fsp3) is 0.833. The van der Waals surface area contributed by atoms with Crippen molar-refractivity contribution < 1.29 is 44.4 Å². The molecule has 6 heteroatoms. The summed E-state index contributed by atoms with van der Waals surface area (Å²) in [5, 5.41) is 26.8. The van der Waals surface area contributed by atoms with Crippen molar-refractivity contribution in [3.05, 3.63) is 11.1 Å². The third kappa shape index (κ3) is 46.2. The van der Waals surface area contributed by atoms with Crippen LogP contribution in [0.1, 0.15) is 13.8 Å². The zero-order valence-corrected chi connectivity index (χ0v) is 9.37. The van der Waals surface area contributed by atoms with Crippen molar-refractivity contribution >= 4 is 5.71 Å². The van der Waals surface area contributed by atoms with E-state index in [1.165, 1.54) is 6.92 Å². The van der Waals surface area contributed by atoms with Crippen LogP contribution in [0.15, 0.2) is 0 Å². The van der Waals surface area contributed by atoms with Crippen LogP contribution < -0.4 is 10.2 Å². The Morgan fingerprint density at radius 2 is 1.58 bits per heavy atom. The molecule has 0 bridgehead atoms. The number of rotatable bonds is 2. The van der Waals surface area contributed by atoms with Crippen LogP contribution in [0.25, 0.3) is 11.1 Å². The molecule has 12 heavy (non-hydrogen) atoms. The van der Waals surface area contributed by atoms with Crippen molar-refractivity contribution in [3.8, 4) is 0 Å². The molecule has 0 aromatic heterocycles. The first-order chi connectivity index (χ1) is 4.54. The summed E-state index contributed by atoms with van der Waals surface area (Å²) in [5.41, 5.74) is 6.46. The minimum absolute atomic E-state index is 0. The van der Waals surface area contributed by atoms with Crippen molar-refractivity contribution in [1.29, 1.82) is 0 Å². The Morgan fingerprint density at radius 3 is 1.58 bits per heavy atom. The van der Waals surface area contributed by atoms with Gasteiger partial charge in [-0.15, -0.1) is 6.61 Å². The van der Waals surface area contributed by atoms with Gasteiger partial charge in [-0.3, -0.25) is 0 Å². The molecule has 1 unspecified atom stereocenters. The smallest absolute Gasteiger partial charge is 0.855 e. The molecule has 0 saturated carbocycles. The first-order valence-corrected chi connectivity index (χ1v) is 2.93. The second-order valence-electron chi connectivity index (χ2n) is 1.95. The average Bonchev–Trinajstić information content (AvgIpc) is 1.89. The van der Waals surface area contributed by atoms with Gasteiger partial charge in [-0.05, 0) is 0 Å². The summed E-state index contributed by atoms with van der Waals surface area (Å²) in [7, 11) is 0. The van der Waals surface area contributed by atoms with Crippen molar-refractivity contribution in [2.75, 3.05) is 13.2 Å². The van der Waals surface area contributed by atoms with Gasteiger partial charge in [0.25, 0.3) is 0 Å². The van der Waals surface area contributed by atoms with Gasteiger partial charge in [0.15, 0.2) is 0 Å². The molecular formula is C6H12Mn2N2O2. The molecule has 0 aliphatic rings. The molecular weight excluding hydrogens is 242 g/mol. The number of hydrogen-bond donors (Lipinski definition) is 0. The van der Waals surface area contributed by atoms with Gasteiger partial charge in [0, 0.05) is 0 Å². The van der Waals surface area contributed by atoms with E-state index < -0.39 is 12.6 Å². The van der Waals surface area contributed by atoms with Crippen LogP contribution in [0, 0.1) is 0 Å². The zero-order chi connectivity index (χ0) is 8.57. The molecule has 0 amide bonds. The van der Waals surface area contributed by atoms with Crippen LogP contribution >= 0.6 is 0 Å². The zero-order valence-electron chi connectivity index (χ0n) is 7.01. The van der Waals surface area contributed by atoms with Crippen molar-refractivity contribution in [2.24, 2.45) is 0 Å². The molecule has 0 heterocycles. The third-order valence-electron chi connectivity index (χ3n) is 0.459. The summed E-state index contributed by atoms with van der Waals surface area (Å²) < 4.78 is 0. The SMILES string of the molecule is CC(=[N-])C[O-].CC([NH-])C[O-].[Mn+2].[Mn+2]. The van der Waals surface area contributed by atoms with Gasteiger partial charge in [0.2, 0.25) is 0 Å². The molecule has 1 atom stereocenters. The second-order valence-corrected chi connectivity index (χ2v) is 1.95. The van der Waals surface area contributed by atoms with E-state index in [0.29, 0.717) is 0 Å². The Labute approximate surface area is 94.4 Å². The first kappa shape index (κ1) is 22.9. The minimum atomic E-state index is -0.472. The molecule has 0 saturated heterocycles. The van der Waals surface area contributed by atoms with E-state index in [-0.39, 0.29) is 46.5 Å². The van der Waals surface area contributed by atoms with Crippen LogP contribution in [-0.2, 0) is 34.1 Å². The summed E-state index contributed by atoms with van der Waals surface area (Å²) in [5.74, 6) is 0. The van der Waals surface area contributed by atoms with Crippen molar-refractivity contribution in [3.63, 3.8) is 0 Å². The van der Waals surface area contributed by atoms with E-state index in [1.807, 2.05) is 0 Å². The summed E-state index contributed by atoms with van der Waals surface area (Å²) in [6.07, 6.45) is 0. The van der Waals surface area contributed by atoms with E-state index >= 15 is 0 Å². The fourth-order valence-electron chi connectivity index (χ4n) is 0. The van der Waals surface area contributed by atoms with Crippen molar-refractivity contribution in [2.45, 2.75) is 19.9 Å². The van der Waals surface area contributed by atoms with Crippen LogP contribution in [0.3, 0.4) is 0 Å². The van der Waals surface area contributed by atoms with Gasteiger partial charge in [-0.2, -0.15) is 12.6 Å². The predicted octanol–water partition coefficient (Wildman–Crippen LogP) is -0.841. The Bertz CT molecular complexity index is 91.6. The Hall–Kier alpha value is 0.589. The fourth-order valence-corrected chi connectivity index (χ4v) is 0. The van der Waals surface area contributed by atoms with Gasteiger partial charge in [0.05, 0.1) is 0 Å².